The number of rotatable bonds is 7. The molecule has 112 valence electrons. The highest BCUT2D eigenvalue weighted by Gasteiger charge is 2.23. The van der Waals surface area contributed by atoms with E-state index >= 15 is 0 Å². The summed E-state index contributed by atoms with van der Waals surface area (Å²) in [6.45, 7) is 7.71. The lowest BCUT2D eigenvalue weighted by Gasteiger charge is -2.30. The average Bonchev–Trinajstić information content (AvgIpc) is 2.94. The van der Waals surface area contributed by atoms with Gasteiger partial charge in [-0.3, -0.25) is 4.90 Å². The third-order valence-electron chi connectivity index (χ3n) is 4.28. The van der Waals surface area contributed by atoms with Crippen LogP contribution >= 0.6 is 0 Å². The Morgan fingerprint density at radius 2 is 1.70 bits per heavy atom. The van der Waals surface area contributed by atoms with Gasteiger partial charge >= 0.3 is 0 Å². The van der Waals surface area contributed by atoms with E-state index in [1.807, 2.05) is 0 Å². The van der Waals surface area contributed by atoms with Gasteiger partial charge in [-0.1, -0.05) is 51.0 Å². The highest BCUT2D eigenvalue weighted by Crippen LogP contribution is 2.25. The van der Waals surface area contributed by atoms with Crippen molar-refractivity contribution in [1.29, 1.82) is 0 Å². The number of hydrogen-bond donors (Lipinski definition) is 1. The van der Waals surface area contributed by atoms with Gasteiger partial charge in [0.15, 0.2) is 0 Å². The highest BCUT2D eigenvalue weighted by molar-refractivity contribution is 5.22. The Balaban J connectivity index is 1.98. The van der Waals surface area contributed by atoms with Crippen LogP contribution in [-0.4, -0.2) is 24.0 Å². The molecule has 0 unspecified atom stereocenters. The lowest BCUT2D eigenvalue weighted by Crippen LogP contribution is -2.35. The van der Waals surface area contributed by atoms with Crippen LogP contribution in [0.3, 0.4) is 0 Å². The molecule has 2 N–H and O–H groups in total. The zero-order chi connectivity index (χ0) is 14.4. The van der Waals surface area contributed by atoms with Crippen molar-refractivity contribution in [3.63, 3.8) is 0 Å². The second kappa shape index (κ2) is 7.80. The Labute approximate surface area is 124 Å². The minimum Gasteiger partial charge on any atom is -0.330 e. The second-order valence-electron chi connectivity index (χ2n) is 6.62. The van der Waals surface area contributed by atoms with Crippen molar-refractivity contribution in [3.8, 4) is 0 Å². The molecule has 1 saturated carbocycles. The normalized spacial score (nSPS) is 16.4. The molecular formula is C18H30N2. The van der Waals surface area contributed by atoms with E-state index in [4.69, 9.17) is 5.73 Å². The van der Waals surface area contributed by atoms with Gasteiger partial charge in [0.25, 0.3) is 0 Å². The van der Waals surface area contributed by atoms with Gasteiger partial charge in [-0.2, -0.15) is 0 Å². The molecule has 1 aromatic rings. The topological polar surface area (TPSA) is 29.3 Å². The molecule has 0 aromatic heterocycles. The first kappa shape index (κ1) is 15.5. The highest BCUT2D eigenvalue weighted by atomic mass is 15.2. The summed E-state index contributed by atoms with van der Waals surface area (Å²) in [5.74, 6) is 0.743. The van der Waals surface area contributed by atoms with Crippen molar-refractivity contribution in [2.75, 3.05) is 13.1 Å². The monoisotopic (exact) mass is 274 g/mol. The van der Waals surface area contributed by atoms with Crippen molar-refractivity contribution in [2.24, 2.45) is 11.7 Å². The van der Waals surface area contributed by atoms with E-state index in [2.05, 4.69) is 43.0 Å². The largest absolute Gasteiger partial charge is 0.330 e. The summed E-state index contributed by atoms with van der Waals surface area (Å²) in [5.41, 5.74) is 8.41. The minimum absolute atomic E-state index is 0.737. The molecule has 0 saturated heterocycles. The quantitative estimate of drug-likeness (QED) is 0.823. The van der Waals surface area contributed by atoms with Crippen molar-refractivity contribution in [3.05, 3.63) is 35.4 Å². The van der Waals surface area contributed by atoms with Crippen molar-refractivity contribution >= 4 is 0 Å². The van der Waals surface area contributed by atoms with Gasteiger partial charge in [-0.25, -0.2) is 0 Å². The second-order valence-corrected chi connectivity index (χ2v) is 6.62. The Bertz CT molecular complexity index is 377. The van der Waals surface area contributed by atoms with Crippen LogP contribution in [0.4, 0.5) is 0 Å². The smallest absolute Gasteiger partial charge is 0.0236 e. The summed E-state index contributed by atoms with van der Waals surface area (Å²) in [5, 5.41) is 0. The molecule has 1 aliphatic carbocycles. The van der Waals surface area contributed by atoms with Crippen LogP contribution in [0.2, 0.25) is 0 Å². The molecule has 1 aliphatic rings. The first-order chi connectivity index (χ1) is 9.69. The summed E-state index contributed by atoms with van der Waals surface area (Å²) in [4.78, 5) is 2.70. The van der Waals surface area contributed by atoms with E-state index in [0.29, 0.717) is 0 Å². The van der Waals surface area contributed by atoms with Crippen LogP contribution in [0.1, 0.15) is 50.7 Å². The first-order valence-corrected chi connectivity index (χ1v) is 8.21. The van der Waals surface area contributed by atoms with E-state index < -0.39 is 0 Å². The van der Waals surface area contributed by atoms with Crippen molar-refractivity contribution < 1.29 is 0 Å². The molecule has 0 amide bonds. The van der Waals surface area contributed by atoms with E-state index in [0.717, 1.165) is 31.5 Å². The number of benzene rings is 1. The van der Waals surface area contributed by atoms with Crippen LogP contribution in [-0.2, 0) is 13.0 Å². The van der Waals surface area contributed by atoms with E-state index in [1.54, 1.807) is 0 Å². The summed E-state index contributed by atoms with van der Waals surface area (Å²) >= 11 is 0. The SMILES string of the molecule is CC(C)CN(Cc1ccc(CCN)cc1)C1CCCC1. The number of nitrogens with two attached hydrogens (primary N) is 1. The fourth-order valence-corrected chi connectivity index (χ4v) is 3.29. The molecule has 0 spiro atoms. The Morgan fingerprint density at radius 1 is 1.10 bits per heavy atom. The first-order valence-electron chi connectivity index (χ1n) is 8.21. The molecule has 1 aromatic carbocycles. The van der Waals surface area contributed by atoms with Gasteiger partial charge in [0.2, 0.25) is 0 Å². The Kier molecular flexibility index (Phi) is 6.06. The summed E-state index contributed by atoms with van der Waals surface area (Å²) in [6, 6.07) is 9.86. The average molecular weight is 274 g/mol. The molecule has 0 atom stereocenters. The molecule has 0 heterocycles. The van der Waals surface area contributed by atoms with E-state index in [-0.39, 0.29) is 0 Å². The van der Waals surface area contributed by atoms with E-state index in [1.165, 1.54) is 43.4 Å². The van der Waals surface area contributed by atoms with Crippen LogP contribution in [0.5, 0.6) is 0 Å². The molecule has 1 fully saturated rings. The maximum absolute atomic E-state index is 5.61. The van der Waals surface area contributed by atoms with Crippen LogP contribution in [0, 0.1) is 5.92 Å². The molecular weight excluding hydrogens is 244 g/mol. The summed E-state index contributed by atoms with van der Waals surface area (Å²) in [7, 11) is 0. The van der Waals surface area contributed by atoms with Gasteiger partial charge in [0.1, 0.15) is 0 Å². The zero-order valence-corrected chi connectivity index (χ0v) is 13.1. The number of hydrogen-bond acceptors (Lipinski definition) is 2. The molecule has 2 heteroatoms. The van der Waals surface area contributed by atoms with Gasteiger partial charge in [-0.05, 0) is 42.9 Å². The molecule has 2 rings (SSSR count). The standard InChI is InChI=1S/C18H30N2/c1-15(2)13-20(18-5-3-4-6-18)14-17-9-7-16(8-10-17)11-12-19/h7-10,15,18H,3-6,11-14,19H2,1-2H3. The van der Waals surface area contributed by atoms with E-state index in [9.17, 15) is 0 Å². The molecule has 0 radical (unpaired) electrons. The number of nitrogens with zero attached hydrogens (tertiary/aromatic N) is 1. The van der Waals surface area contributed by atoms with Gasteiger partial charge in [0, 0.05) is 19.1 Å². The lowest BCUT2D eigenvalue weighted by molar-refractivity contribution is 0.168. The summed E-state index contributed by atoms with van der Waals surface area (Å²) < 4.78 is 0. The molecule has 20 heavy (non-hydrogen) atoms. The zero-order valence-electron chi connectivity index (χ0n) is 13.1. The van der Waals surface area contributed by atoms with Crippen LogP contribution in [0.15, 0.2) is 24.3 Å². The van der Waals surface area contributed by atoms with Gasteiger partial charge < -0.3 is 5.73 Å². The third-order valence-corrected chi connectivity index (χ3v) is 4.28. The predicted octanol–water partition coefficient (Wildman–Crippen LogP) is 3.59. The Hall–Kier alpha value is -0.860. The maximum Gasteiger partial charge on any atom is 0.0236 e. The van der Waals surface area contributed by atoms with Gasteiger partial charge in [-0.15, -0.1) is 0 Å². The Morgan fingerprint density at radius 3 is 2.25 bits per heavy atom. The van der Waals surface area contributed by atoms with Crippen LogP contribution in [0.25, 0.3) is 0 Å². The molecule has 0 aliphatic heterocycles. The minimum atomic E-state index is 0.737. The van der Waals surface area contributed by atoms with Crippen molar-refractivity contribution in [2.45, 2.75) is 58.5 Å². The third kappa shape index (κ3) is 4.60. The molecule has 2 nitrogen and oxygen atoms in total. The van der Waals surface area contributed by atoms with Gasteiger partial charge in [0.05, 0.1) is 0 Å². The maximum atomic E-state index is 5.61. The van der Waals surface area contributed by atoms with Crippen LogP contribution < -0.4 is 5.73 Å². The fraction of sp³-hybridized carbons (Fsp3) is 0.667. The fourth-order valence-electron chi connectivity index (χ4n) is 3.29. The summed E-state index contributed by atoms with van der Waals surface area (Å²) in [6.07, 6.45) is 6.58. The molecule has 0 bridgehead atoms. The predicted molar refractivity (Wildman–Crippen MR) is 86.7 cm³/mol. The van der Waals surface area contributed by atoms with Crippen molar-refractivity contribution in [1.82, 2.24) is 4.90 Å². The lowest BCUT2D eigenvalue weighted by atomic mass is 10.1.